The van der Waals surface area contributed by atoms with Gasteiger partial charge in [-0.15, -0.1) is 11.8 Å². The van der Waals surface area contributed by atoms with E-state index in [9.17, 15) is 14.7 Å². The van der Waals surface area contributed by atoms with E-state index in [2.05, 4.69) is 5.32 Å². The first kappa shape index (κ1) is 18.9. The smallest absolute Gasteiger partial charge is 0.308 e. The number of hydrogen-bond acceptors (Lipinski definition) is 4. The number of benzene rings is 2. The van der Waals surface area contributed by atoms with E-state index in [0.717, 1.165) is 10.5 Å². The minimum Gasteiger partial charge on any atom is -0.496 e. The molecule has 0 aromatic heterocycles. The number of carboxylic acids is 1. The minimum atomic E-state index is -0.954. The number of thioether (sulfide) groups is 1. The van der Waals surface area contributed by atoms with Gasteiger partial charge in [-0.25, -0.2) is 0 Å². The number of carbonyl (C=O) groups excluding carboxylic acids is 1. The average Bonchev–Trinajstić information content (AvgIpc) is 2.64. The summed E-state index contributed by atoms with van der Waals surface area (Å²) in [5.41, 5.74) is 1.35. The van der Waals surface area contributed by atoms with E-state index in [1.165, 1.54) is 11.8 Å². The van der Waals surface area contributed by atoms with Crippen molar-refractivity contribution in [1.82, 2.24) is 5.32 Å². The summed E-state index contributed by atoms with van der Waals surface area (Å²) >= 11 is 1.48. The third-order valence-corrected chi connectivity index (χ3v) is 4.66. The summed E-state index contributed by atoms with van der Waals surface area (Å²) in [4.78, 5) is 24.8. The zero-order chi connectivity index (χ0) is 18.2. The second-order valence-electron chi connectivity index (χ2n) is 5.46. The topological polar surface area (TPSA) is 75.6 Å². The van der Waals surface area contributed by atoms with Gasteiger partial charge < -0.3 is 15.2 Å². The summed E-state index contributed by atoms with van der Waals surface area (Å²) in [6.45, 7) is 0.0505. The van der Waals surface area contributed by atoms with Crippen LogP contribution in [0.4, 0.5) is 0 Å². The Morgan fingerprint density at radius 3 is 2.52 bits per heavy atom. The predicted octanol–water partition coefficient (Wildman–Crippen LogP) is 3.09. The van der Waals surface area contributed by atoms with Crippen LogP contribution in [0.2, 0.25) is 0 Å². The van der Waals surface area contributed by atoms with Gasteiger partial charge in [-0.3, -0.25) is 9.59 Å². The predicted molar refractivity (Wildman–Crippen MR) is 98.4 cm³/mol. The van der Waals surface area contributed by atoms with Crippen LogP contribution in [0.15, 0.2) is 53.4 Å². The maximum absolute atomic E-state index is 12.4. The van der Waals surface area contributed by atoms with Crippen LogP contribution in [0.5, 0.6) is 5.75 Å². The third-order valence-electron chi connectivity index (χ3n) is 3.87. The van der Waals surface area contributed by atoms with Crippen molar-refractivity contribution >= 4 is 23.6 Å². The van der Waals surface area contributed by atoms with Crippen LogP contribution in [0.25, 0.3) is 0 Å². The number of carbonyl (C=O) groups is 2. The fourth-order valence-corrected chi connectivity index (χ4v) is 3.12. The molecular formula is C19H21NO4S. The summed E-state index contributed by atoms with van der Waals surface area (Å²) < 4.78 is 5.27. The molecule has 1 atom stereocenters. The van der Waals surface area contributed by atoms with Crippen molar-refractivity contribution in [1.29, 1.82) is 0 Å². The Balaban J connectivity index is 2.07. The van der Waals surface area contributed by atoms with Crippen LogP contribution in [0, 0.1) is 5.92 Å². The lowest BCUT2D eigenvalue weighted by Crippen LogP contribution is -2.34. The molecule has 0 fully saturated rings. The molecule has 0 aliphatic carbocycles. The molecule has 2 N–H and O–H groups in total. The first-order valence-corrected chi connectivity index (χ1v) is 9.05. The number of carboxylic acid groups (broad SMARTS) is 1. The number of methoxy groups -OCH3 is 1. The van der Waals surface area contributed by atoms with Crippen LogP contribution in [-0.2, 0) is 11.2 Å². The molecule has 0 bridgehead atoms. The van der Waals surface area contributed by atoms with Gasteiger partial charge in [0.05, 0.1) is 18.6 Å². The minimum absolute atomic E-state index is 0.0505. The highest BCUT2D eigenvalue weighted by Crippen LogP contribution is 2.22. The van der Waals surface area contributed by atoms with Crippen LogP contribution < -0.4 is 10.1 Å². The van der Waals surface area contributed by atoms with Crippen molar-refractivity contribution in [2.75, 3.05) is 19.9 Å². The van der Waals surface area contributed by atoms with E-state index < -0.39 is 11.9 Å². The van der Waals surface area contributed by atoms with Gasteiger partial charge in [0.1, 0.15) is 5.75 Å². The van der Waals surface area contributed by atoms with Crippen molar-refractivity contribution in [3.63, 3.8) is 0 Å². The molecule has 0 heterocycles. The molecule has 0 aliphatic rings. The van der Waals surface area contributed by atoms with E-state index in [4.69, 9.17) is 4.74 Å². The number of ether oxygens (including phenoxy) is 1. The number of amides is 1. The van der Waals surface area contributed by atoms with Crippen molar-refractivity contribution in [3.05, 3.63) is 59.7 Å². The molecule has 25 heavy (non-hydrogen) atoms. The van der Waals surface area contributed by atoms with E-state index in [1.807, 2.05) is 36.6 Å². The lowest BCUT2D eigenvalue weighted by atomic mass is 9.98. The molecule has 2 aromatic rings. The quantitative estimate of drug-likeness (QED) is 0.709. The van der Waals surface area contributed by atoms with Crippen molar-refractivity contribution in [3.8, 4) is 5.75 Å². The van der Waals surface area contributed by atoms with Crippen molar-refractivity contribution in [2.45, 2.75) is 11.3 Å². The third kappa shape index (κ3) is 5.00. The lowest BCUT2D eigenvalue weighted by Gasteiger charge is -2.16. The molecule has 2 rings (SSSR count). The monoisotopic (exact) mass is 359 g/mol. The van der Waals surface area contributed by atoms with E-state index >= 15 is 0 Å². The van der Waals surface area contributed by atoms with E-state index in [-0.39, 0.29) is 18.9 Å². The highest BCUT2D eigenvalue weighted by molar-refractivity contribution is 7.98. The summed E-state index contributed by atoms with van der Waals surface area (Å²) in [7, 11) is 1.55. The molecule has 0 saturated heterocycles. The number of nitrogens with one attached hydrogen (secondary N) is 1. The molecular weight excluding hydrogens is 338 g/mol. The average molecular weight is 359 g/mol. The molecule has 0 saturated carbocycles. The number of hydrogen-bond donors (Lipinski definition) is 2. The lowest BCUT2D eigenvalue weighted by molar-refractivity contribution is -0.141. The zero-order valence-electron chi connectivity index (χ0n) is 14.2. The Labute approximate surface area is 151 Å². The number of aliphatic carboxylic acids is 1. The normalized spacial score (nSPS) is 11.6. The first-order valence-electron chi connectivity index (χ1n) is 7.82. The summed E-state index contributed by atoms with van der Waals surface area (Å²) in [6, 6.07) is 14.5. The SMILES string of the molecule is COc1ccccc1CC(CNC(=O)c1ccccc1SC)C(=O)O. The Kier molecular flexibility index (Phi) is 6.89. The van der Waals surface area contributed by atoms with Gasteiger partial charge in [-0.2, -0.15) is 0 Å². The molecule has 0 radical (unpaired) electrons. The van der Waals surface area contributed by atoms with Crippen LogP contribution in [0.1, 0.15) is 15.9 Å². The second kappa shape index (κ2) is 9.13. The van der Waals surface area contributed by atoms with Gasteiger partial charge in [0, 0.05) is 11.4 Å². The van der Waals surface area contributed by atoms with Gasteiger partial charge in [0.25, 0.3) is 5.91 Å². The Hall–Kier alpha value is -2.47. The highest BCUT2D eigenvalue weighted by atomic mass is 32.2. The van der Waals surface area contributed by atoms with E-state index in [1.54, 1.807) is 25.3 Å². The fraction of sp³-hybridized carbons (Fsp3) is 0.263. The van der Waals surface area contributed by atoms with Gasteiger partial charge in [-0.1, -0.05) is 30.3 Å². The van der Waals surface area contributed by atoms with Crippen molar-refractivity contribution in [2.24, 2.45) is 5.92 Å². The molecule has 6 heteroatoms. The van der Waals surface area contributed by atoms with Crippen LogP contribution >= 0.6 is 11.8 Å². The standard InChI is InChI=1S/C19H21NO4S/c1-24-16-9-5-3-7-13(16)11-14(19(22)23)12-20-18(21)15-8-4-6-10-17(15)25-2/h3-10,14H,11-12H2,1-2H3,(H,20,21)(H,22,23). The highest BCUT2D eigenvalue weighted by Gasteiger charge is 2.21. The Morgan fingerprint density at radius 2 is 1.84 bits per heavy atom. The molecule has 5 nitrogen and oxygen atoms in total. The summed E-state index contributed by atoms with van der Waals surface area (Å²) in [5, 5.41) is 12.2. The number of para-hydroxylation sites is 1. The molecule has 0 spiro atoms. The summed E-state index contributed by atoms with van der Waals surface area (Å²) in [6.07, 6.45) is 2.18. The fourth-order valence-electron chi connectivity index (χ4n) is 2.53. The van der Waals surface area contributed by atoms with Crippen LogP contribution in [-0.4, -0.2) is 36.9 Å². The molecule has 0 aliphatic heterocycles. The van der Waals surface area contributed by atoms with Crippen molar-refractivity contribution < 1.29 is 19.4 Å². The molecule has 1 amide bonds. The maximum atomic E-state index is 12.4. The molecule has 1 unspecified atom stereocenters. The van der Waals surface area contributed by atoms with E-state index in [0.29, 0.717) is 11.3 Å². The maximum Gasteiger partial charge on any atom is 0.308 e. The van der Waals surface area contributed by atoms with Gasteiger partial charge in [0.15, 0.2) is 0 Å². The summed E-state index contributed by atoms with van der Waals surface area (Å²) in [5.74, 6) is -1.31. The number of rotatable bonds is 8. The Morgan fingerprint density at radius 1 is 1.16 bits per heavy atom. The molecule has 2 aromatic carbocycles. The van der Waals surface area contributed by atoms with Gasteiger partial charge in [-0.05, 0) is 36.4 Å². The second-order valence-corrected chi connectivity index (χ2v) is 6.31. The van der Waals surface area contributed by atoms with Gasteiger partial charge in [0.2, 0.25) is 0 Å². The van der Waals surface area contributed by atoms with Gasteiger partial charge >= 0.3 is 5.97 Å². The Bertz CT molecular complexity index is 748. The molecule has 132 valence electrons. The largest absolute Gasteiger partial charge is 0.496 e. The van der Waals surface area contributed by atoms with Crippen LogP contribution in [0.3, 0.4) is 0 Å². The zero-order valence-corrected chi connectivity index (χ0v) is 15.0. The first-order chi connectivity index (χ1) is 12.1.